The van der Waals surface area contributed by atoms with Crippen LogP contribution < -0.4 is 5.43 Å². The number of aromatic carboxylic acids is 1. The highest BCUT2D eigenvalue weighted by Gasteiger charge is 2.11. The molecular formula is C15H11Cl3N2O2. The van der Waals surface area contributed by atoms with Gasteiger partial charge in [-0.1, -0.05) is 40.9 Å². The summed E-state index contributed by atoms with van der Waals surface area (Å²) in [5.41, 5.74) is 4.97. The van der Waals surface area contributed by atoms with Gasteiger partial charge >= 0.3 is 5.97 Å². The van der Waals surface area contributed by atoms with Crippen molar-refractivity contribution in [1.82, 2.24) is 0 Å². The summed E-state index contributed by atoms with van der Waals surface area (Å²) < 4.78 is 0. The van der Waals surface area contributed by atoms with Gasteiger partial charge in [-0.15, -0.1) is 0 Å². The highest BCUT2D eigenvalue weighted by molar-refractivity contribution is 6.49. The number of hydrogen-bond acceptors (Lipinski definition) is 3. The number of benzene rings is 2. The molecular weight excluding hydrogens is 347 g/mol. The van der Waals surface area contributed by atoms with Crippen LogP contribution >= 0.6 is 34.8 Å². The van der Waals surface area contributed by atoms with Gasteiger partial charge in [-0.25, -0.2) is 4.79 Å². The van der Waals surface area contributed by atoms with Crippen LogP contribution in [0.2, 0.25) is 15.1 Å². The van der Waals surface area contributed by atoms with Crippen LogP contribution in [0.4, 0.5) is 5.69 Å². The van der Waals surface area contributed by atoms with Crippen molar-refractivity contribution in [2.75, 3.05) is 5.43 Å². The summed E-state index contributed by atoms with van der Waals surface area (Å²) in [6.07, 6.45) is 0. The Labute approximate surface area is 142 Å². The maximum atomic E-state index is 10.8. The van der Waals surface area contributed by atoms with Gasteiger partial charge in [0.25, 0.3) is 0 Å². The van der Waals surface area contributed by atoms with Gasteiger partial charge < -0.3 is 5.11 Å². The molecule has 2 N–H and O–H groups in total. The van der Waals surface area contributed by atoms with Crippen molar-refractivity contribution in [1.29, 1.82) is 0 Å². The zero-order valence-corrected chi connectivity index (χ0v) is 13.7. The molecule has 22 heavy (non-hydrogen) atoms. The second kappa shape index (κ2) is 7.01. The van der Waals surface area contributed by atoms with E-state index in [-0.39, 0.29) is 10.6 Å². The first-order valence-corrected chi connectivity index (χ1v) is 7.31. The van der Waals surface area contributed by atoms with Crippen molar-refractivity contribution in [3.05, 3.63) is 62.6 Å². The SMILES string of the molecule is C/C(=N\Nc1ccc(C(=O)O)cc1)c1ccc(Cl)c(Cl)c1Cl. The van der Waals surface area contributed by atoms with Gasteiger partial charge in [0.05, 0.1) is 32.0 Å². The summed E-state index contributed by atoms with van der Waals surface area (Å²) in [5.74, 6) is -0.978. The fourth-order valence-electron chi connectivity index (χ4n) is 1.70. The van der Waals surface area contributed by atoms with E-state index in [4.69, 9.17) is 39.9 Å². The highest BCUT2D eigenvalue weighted by atomic mass is 35.5. The molecule has 0 aliphatic carbocycles. The summed E-state index contributed by atoms with van der Waals surface area (Å²) >= 11 is 18.0. The van der Waals surface area contributed by atoms with Crippen molar-refractivity contribution >= 4 is 52.2 Å². The van der Waals surface area contributed by atoms with Crippen LogP contribution in [0, 0.1) is 0 Å². The normalized spacial score (nSPS) is 11.4. The fraction of sp³-hybridized carbons (Fsp3) is 0.0667. The second-order valence-corrected chi connectivity index (χ2v) is 5.58. The van der Waals surface area contributed by atoms with Crippen LogP contribution in [0.25, 0.3) is 0 Å². The number of anilines is 1. The van der Waals surface area contributed by atoms with E-state index in [1.54, 1.807) is 31.2 Å². The Kier molecular flexibility index (Phi) is 5.29. The summed E-state index contributed by atoms with van der Waals surface area (Å²) in [4.78, 5) is 10.8. The molecule has 0 spiro atoms. The molecule has 0 fully saturated rings. The van der Waals surface area contributed by atoms with Crippen molar-refractivity contribution in [2.24, 2.45) is 5.10 Å². The van der Waals surface area contributed by atoms with Crippen LogP contribution in [0.15, 0.2) is 41.5 Å². The lowest BCUT2D eigenvalue weighted by Crippen LogP contribution is -2.01. The minimum Gasteiger partial charge on any atom is -0.478 e. The topological polar surface area (TPSA) is 61.7 Å². The van der Waals surface area contributed by atoms with E-state index in [2.05, 4.69) is 10.5 Å². The third-order valence-electron chi connectivity index (χ3n) is 2.91. The van der Waals surface area contributed by atoms with Crippen LogP contribution in [0.1, 0.15) is 22.8 Å². The van der Waals surface area contributed by atoms with Gasteiger partial charge in [-0.05, 0) is 37.3 Å². The molecule has 0 atom stereocenters. The van der Waals surface area contributed by atoms with E-state index in [9.17, 15) is 4.79 Å². The Balaban J connectivity index is 2.19. The number of carbonyl (C=O) groups is 1. The molecule has 0 bridgehead atoms. The molecule has 4 nitrogen and oxygen atoms in total. The summed E-state index contributed by atoms with van der Waals surface area (Å²) in [7, 11) is 0. The number of carboxylic acids is 1. The zero-order valence-electron chi connectivity index (χ0n) is 11.4. The third-order valence-corrected chi connectivity index (χ3v) is 4.20. The van der Waals surface area contributed by atoms with Crippen LogP contribution in [0.3, 0.4) is 0 Å². The van der Waals surface area contributed by atoms with E-state index < -0.39 is 5.97 Å². The number of hydrazone groups is 1. The van der Waals surface area contributed by atoms with Crippen molar-refractivity contribution in [3.8, 4) is 0 Å². The molecule has 2 aromatic carbocycles. The van der Waals surface area contributed by atoms with E-state index in [1.807, 2.05) is 0 Å². The van der Waals surface area contributed by atoms with Crippen molar-refractivity contribution in [2.45, 2.75) is 6.92 Å². The van der Waals surface area contributed by atoms with Gasteiger partial charge in [0.1, 0.15) is 0 Å². The molecule has 0 aromatic heterocycles. The molecule has 0 aliphatic rings. The van der Waals surface area contributed by atoms with E-state index >= 15 is 0 Å². The average Bonchev–Trinajstić information content (AvgIpc) is 2.51. The van der Waals surface area contributed by atoms with E-state index in [0.29, 0.717) is 27.0 Å². The molecule has 0 amide bonds. The molecule has 0 radical (unpaired) electrons. The predicted molar refractivity (Wildman–Crippen MR) is 90.7 cm³/mol. The minimum atomic E-state index is -0.978. The monoisotopic (exact) mass is 356 g/mol. The number of halogens is 3. The van der Waals surface area contributed by atoms with Gasteiger partial charge in [-0.3, -0.25) is 5.43 Å². The first-order chi connectivity index (χ1) is 10.4. The van der Waals surface area contributed by atoms with Gasteiger partial charge in [0.15, 0.2) is 0 Å². The van der Waals surface area contributed by atoms with Gasteiger partial charge in [-0.2, -0.15) is 5.10 Å². The maximum Gasteiger partial charge on any atom is 0.335 e. The molecule has 2 rings (SSSR count). The molecule has 0 saturated carbocycles. The maximum absolute atomic E-state index is 10.8. The van der Waals surface area contributed by atoms with Crippen LogP contribution in [-0.2, 0) is 0 Å². The number of hydrogen-bond donors (Lipinski definition) is 2. The molecule has 7 heteroatoms. The second-order valence-electron chi connectivity index (χ2n) is 4.41. The molecule has 0 heterocycles. The Morgan fingerprint density at radius 3 is 2.27 bits per heavy atom. The summed E-state index contributed by atoms with van der Waals surface area (Å²) in [5, 5.41) is 14.0. The Bertz CT molecular complexity index is 743. The largest absolute Gasteiger partial charge is 0.478 e. The number of rotatable bonds is 4. The minimum absolute atomic E-state index is 0.207. The van der Waals surface area contributed by atoms with Gasteiger partial charge in [0, 0.05) is 5.56 Å². The predicted octanol–water partition coefficient (Wildman–Crippen LogP) is 5.18. The zero-order chi connectivity index (χ0) is 16.3. The lowest BCUT2D eigenvalue weighted by Gasteiger charge is -2.08. The number of carboxylic acid groups (broad SMARTS) is 1. The number of nitrogens with zero attached hydrogens (tertiary/aromatic N) is 1. The first-order valence-electron chi connectivity index (χ1n) is 6.17. The van der Waals surface area contributed by atoms with Crippen LogP contribution in [0.5, 0.6) is 0 Å². The third kappa shape index (κ3) is 3.71. The lowest BCUT2D eigenvalue weighted by molar-refractivity contribution is 0.0697. The Hall–Kier alpha value is -1.75. The Morgan fingerprint density at radius 1 is 1.05 bits per heavy atom. The summed E-state index contributed by atoms with van der Waals surface area (Å²) in [6.45, 7) is 1.77. The van der Waals surface area contributed by atoms with E-state index in [0.717, 1.165) is 0 Å². The Morgan fingerprint density at radius 2 is 1.68 bits per heavy atom. The molecule has 0 saturated heterocycles. The molecule has 2 aromatic rings. The molecule has 114 valence electrons. The molecule has 0 aliphatic heterocycles. The smallest absolute Gasteiger partial charge is 0.335 e. The van der Waals surface area contributed by atoms with Crippen LogP contribution in [-0.4, -0.2) is 16.8 Å². The quantitative estimate of drug-likeness (QED) is 0.450. The average molecular weight is 358 g/mol. The molecule has 0 unspecified atom stereocenters. The number of nitrogens with one attached hydrogen (secondary N) is 1. The van der Waals surface area contributed by atoms with Gasteiger partial charge in [0.2, 0.25) is 0 Å². The van der Waals surface area contributed by atoms with Crippen molar-refractivity contribution in [3.63, 3.8) is 0 Å². The summed E-state index contributed by atoms with van der Waals surface area (Å²) in [6, 6.07) is 9.59. The fourth-order valence-corrected chi connectivity index (χ4v) is 2.37. The highest BCUT2D eigenvalue weighted by Crippen LogP contribution is 2.32. The van der Waals surface area contributed by atoms with Crippen molar-refractivity contribution < 1.29 is 9.90 Å². The lowest BCUT2D eigenvalue weighted by atomic mass is 10.1. The standard InChI is InChI=1S/C15H11Cl3N2O2/c1-8(11-6-7-12(16)14(18)13(11)17)19-20-10-4-2-9(3-5-10)15(21)22/h2-7,20H,1H3,(H,21,22)/b19-8+. The first kappa shape index (κ1) is 16.6. The van der Waals surface area contributed by atoms with E-state index in [1.165, 1.54) is 12.1 Å².